The lowest BCUT2D eigenvalue weighted by molar-refractivity contribution is -0.114. The van der Waals surface area contributed by atoms with Gasteiger partial charge in [0.2, 0.25) is 5.91 Å². The van der Waals surface area contributed by atoms with Gasteiger partial charge in [-0.1, -0.05) is 18.2 Å². The van der Waals surface area contributed by atoms with E-state index in [0.717, 1.165) is 58.2 Å². The Morgan fingerprint density at radius 2 is 1.94 bits per heavy atom. The number of nitrogens with zero attached hydrogens (tertiary/aromatic N) is 6. The van der Waals surface area contributed by atoms with Crippen molar-refractivity contribution in [1.82, 2.24) is 24.5 Å². The van der Waals surface area contributed by atoms with Crippen LogP contribution in [0.15, 0.2) is 48.7 Å². The third kappa shape index (κ3) is 3.33. The Balaban J connectivity index is 1.72. The lowest BCUT2D eigenvalue weighted by Crippen LogP contribution is -2.14. The number of para-hydroxylation sites is 1. The number of amides is 1. The molecule has 0 radical (unpaired) electrons. The lowest BCUT2D eigenvalue weighted by atomic mass is 10.00. The van der Waals surface area contributed by atoms with Crippen LogP contribution in [0.1, 0.15) is 18.1 Å². The molecule has 1 amide bonds. The number of aromatic nitrogens is 5. The standard InChI is InChI=1S/C24H25N7O/c1-15-7-5-6-8-19(15)31-24-18(11-12-30-20(24)13-21(27-30)26-16(2)32)23(28-31)17-9-10-22(25-14-17)29(3)4/h5-10,13-14H,11-12H2,1-4H3,(H,26,27,32). The number of aryl methyl sites for hydroxylation is 2. The quantitative estimate of drug-likeness (QED) is 0.537. The molecule has 0 saturated heterocycles. The summed E-state index contributed by atoms with van der Waals surface area (Å²) in [7, 11) is 3.95. The molecule has 162 valence electrons. The highest BCUT2D eigenvalue weighted by molar-refractivity contribution is 5.88. The SMILES string of the molecule is CC(=O)Nc1cc2n(n1)CCc1c(-c3ccc(N(C)C)nc3)nn(-c3ccccc3C)c1-2. The molecule has 0 bridgehead atoms. The van der Waals surface area contributed by atoms with Crippen molar-refractivity contribution >= 4 is 17.5 Å². The number of carbonyl (C=O) groups is 1. The average molecular weight is 428 g/mol. The summed E-state index contributed by atoms with van der Waals surface area (Å²) in [4.78, 5) is 18.2. The van der Waals surface area contributed by atoms with Gasteiger partial charge in [0.25, 0.3) is 0 Å². The van der Waals surface area contributed by atoms with E-state index in [1.54, 1.807) is 0 Å². The van der Waals surface area contributed by atoms with Gasteiger partial charge in [-0.2, -0.15) is 10.2 Å². The minimum absolute atomic E-state index is 0.138. The molecule has 4 heterocycles. The largest absolute Gasteiger partial charge is 0.363 e. The molecule has 8 heteroatoms. The van der Waals surface area contributed by atoms with Gasteiger partial charge in [-0.15, -0.1) is 0 Å². The molecular weight excluding hydrogens is 402 g/mol. The fraction of sp³-hybridized carbons (Fsp3) is 0.250. The Bertz CT molecular complexity index is 1310. The molecule has 0 fully saturated rings. The summed E-state index contributed by atoms with van der Waals surface area (Å²) in [6.07, 6.45) is 2.68. The molecule has 1 N–H and O–H groups in total. The number of rotatable bonds is 4. The van der Waals surface area contributed by atoms with Crippen LogP contribution in [0.5, 0.6) is 0 Å². The molecular formula is C24H25N7O. The van der Waals surface area contributed by atoms with Gasteiger partial charge in [0.1, 0.15) is 5.82 Å². The third-order valence-corrected chi connectivity index (χ3v) is 5.71. The normalized spacial score (nSPS) is 12.2. The molecule has 4 aromatic rings. The number of nitrogens with one attached hydrogen (secondary N) is 1. The van der Waals surface area contributed by atoms with Gasteiger partial charge in [-0.25, -0.2) is 9.67 Å². The molecule has 1 aliphatic rings. The van der Waals surface area contributed by atoms with Gasteiger partial charge in [-0.05, 0) is 37.1 Å². The molecule has 5 rings (SSSR count). The van der Waals surface area contributed by atoms with Crippen molar-refractivity contribution in [3.05, 3.63) is 59.8 Å². The Hall–Kier alpha value is -3.94. The summed E-state index contributed by atoms with van der Waals surface area (Å²) < 4.78 is 3.95. The van der Waals surface area contributed by atoms with Gasteiger partial charge in [-0.3, -0.25) is 9.48 Å². The van der Waals surface area contributed by atoms with Gasteiger partial charge in [0, 0.05) is 51.0 Å². The summed E-state index contributed by atoms with van der Waals surface area (Å²) in [6.45, 7) is 4.29. The van der Waals surface area contributed by atoms with Crippen LogP contribution in [0.3, 0.4) is 0 Å². The number of carbonyl (C=O) groups excluding carboxylic acids is 1. The fourth-order valence-electron chi connectivity index (χ4n) is 4.19. The lowest BCUT2D eigenvalue weighted by Gasteiger charge is -2.17. The molecule has 0 unspecified atom stereocenters. The smallest absolute Gasteiger partial charge is 0.222 e. The van der Waals surface area contributed by atoms with Crippen molar-refractivity contribution in [2.45, 2.75) is 26.8 Å². The number of hydrogen-bond acceptors (Lipinski definition) is 5. The van der Waals surface area contributed by atoms with E-state index in [-0.39, 0.29) is 5.91 Å². The number of fused-ring (bicyclic) bond motifs is 3. The maximum absolute atomic E-state index is 11.6. The van der Waals surface area contributed by atoms with Crippen LogP contribution in [0.4, 0.5) is 11.6 Å². The number of hydrogen-bond donors (Lipinski definition) is 1. The maximum Gasteiger partial charge on any atom is 0.222 e. The molecule has 0 saturated carbocycles. The summed E-state index contributed by atoms with van der Waals surface area (Å²) >= 11 is 0. The Morgan fingerprint density at radius 1 is 1.12 bits per heavy atom. The second-order valence-electron chi connectivity index (χ2n) is 8.24. The molecule has 0 aliphatic carbocycles. The van der Waals surface area contributed by atoms with Gasteiger partial charge in [0.05, 0.1) is 22.8 Å². The van der Waals surface area contributed by atoms with Crippen LogP contribution in [-0.2, 0) is 17.8 Å². The van der Waals surface area contributed by atoms with Crippen LogP contribution >= 0.6 is 0 Å². The van der Waals surface area contributed by atoms with Crippen LogP contribution < -0.4 is 10.2 Å². The number of benzene rings is 1. The second-order valence-corrected chi connectivity index (χ2v) is 8.24. The summed E-state index contributed by atoms with van der Waals surface area (Å²) in [5.74, 6) is 1.32. The van der Waals surface area contributed by atoms with Crippen LogP contribution in [0.2, 0.25) is 0 Å². The van der Waals surface area contributed by atoms with E-state index in [2.05, 4.69) is 40.5 Å². The van der Waals surface area contributed by atoms with E-state index < -0.39 is 0 Å². The van der Waals surface area contributed by atoms with E-state index in [1.165, 1.54) is 6.92 Å². The van der Waals surface area contributed by atoms with E-state index >= 15 is 0 Å². The molecule has 1 aromatic carbocycles. The second kappa shape index (κ2) is 7.64. The molecule has 3 aromatic heterocycles. The Kier molecular flexibility index (Phi) is 4.77. The molecule has 1 aliphatic heterocycles. The van der Waals surface area contributed by atoms with Crippen molar-refractivity contribution < 1.29 is 4.79 Å². The zero-order chi connectivity index (χ0) is 22.4. The van der Waals surface area contributed by atoms with E-state index in [9.17, 15) is 4.79 Å². The van der Waals surface area contributed by atoms with E-state index in [1.807, 2.05) is 58.8 Å². The maximum atomic E-state index is 11.6. The monoisotopic (exact) mass is 427 g/mol. The number of pyridine rings is 1. The first-order valence-electron chi connectivity index (χ1n) is 10.6. The van der Waals surface area contributed by atoms with Crippen molar-refractivity contribution in [2.75, 3.05) is 24.3 Å². The first-order chi connectivity index (χ1) is 15.4. The van der Waals surface area contributed by atoms with E-state index in [4.69, 9.17) is 5.10 Å². The predicted molar refractivity (Wildman–Crippen MR) is 125 cm³/mol. The summed E-state index contributed by atoms with van der Waals surface area (Å²) in [5, 5.41) is 12.5. The van der Waals surface area contributed by atoms with Crippen molar-refractivity contribution in [3.8, 4) is 28.3 Å². The van der Waals surface area contributed by atoms with Gasteiger partial charge >= 0.3 is 0 Å². The van der Waals surface area contributed by atoms with Crippen molar-refractivity contribution in [3.63, 3.8) is 0 Å². The molecule has 8 nitrogen and oxygen atoms in total. The van der Waals surface area contributed by atoms with Crippen molar-refractivity contribution in [2.24, 2.45) is 0 Å². The highest BCUT2D eigenvalue weighted by Crippen LogP contribution is 2.39. The molecule has 0 atom stereocenters. The first-order valence-corrected chi connectivity index (χ1v) is 10.6. The zero-order valence-electron chi connectivity index (χ0n) is 18.6. The average Bonchev–Trinajstić information content (AvgIpc) is 3.34. The third-order valence-electron chi connectivity index (χ3n) is 5.71. The summed E-state index contributed by atoms with van der Waals surface area (Å²) in [6, 6.07) is 14.2. The summed E-state index contributed by atoms with van der Waals surface area (Å²) in [5.41, 5.74) is 7.15. The molecule has 32 heavy (non-hydrogen) atoms. The predicted octanol–water partition coefficient (Wildman–Crippen LogP) is 3.69. The minimum Gasteiger partial charge on any atom is -0.363 e. The van der Waals surface area contributed by atoms with Crippen LogP contribution in [0.25, 0.3) is 28.3 Å². The Labute approximate surface area is 186 Å². The van der Waals surface area contributed by atoms with Crippen LogP contribution in [0, 0.1) is 6.92 Å². The van der Waals surface area contributed by atoms with Crippen LogP contribution in [-0.4, -0.2) is 44.5 Å². The molecule has 0 spiro atoms. The highest BCUT2D eigenvalue weighted by atomic mass is 16.1. The van der Waals surface area contributed by atoms with E-state index in [0.29, 0.717) is 5.82 Å². The van der Waals surface area contributed by atoms with Gasteiger partial charge in [0.15, 0.2) is 5.82 Å². The zero-order valence-corrected chi connectivity index (χ0v) is 18.6. The highest BCUT2D eigenvalue weighted by Gasteiger charge is 2.29. The Morgan fingerprint density at radius 3 is 2.62 bits per heavy atom. The topological polar surface area (TPSA) is 80.9 Å². The van der Waals surface area contributed by atoms with Gasteiger partial charge < -0.3 is 10.2 Å². The minimum atomic E-state index is -0.138. The van der Waals surface area contributed by atoms with Crippen molar-refractivity contribution in [1.29, 1.82) is 0 Å². The fourth-order valence-corrected chi connectivity index (χ4v) is 4.19. The number of anilines is 2. The first kappa shape index (κ1) is 20.0.